The first kappa shape index (κ1) is 14.9. The van der Waals surface area contributed by atoms with Gasteiger partial charge >= 0.3 is 0 Å². The maximum Gasteiger partial charge on any atom is 0.107 e. The lowest BCUT2D eigenvalue weighted by Gasteiger charge is -2.35. The zero-order valence-corrected chi connectivity index (χ0v) is 13.5. The Kier molecular flexibility index (Phi) is 4.98. The predicted molar refractivity (Wildman–Crippen MR) is 82.8 cm³/mol. The molecule has 1 aromatic heterocycles. The molecule has 0 radical (unpaired) electrons. The Morgan fingerprint density at radius 1 is 1.47 bits per heavy atom. The van der Waals surface area contributed by atoms with E-state index in [1.165, 1.54) is 22.7 Å². The lowest BCUT2D eigenvalue weighted by Crippen LogP contribution is -2.50. The average molecular weight is 281 g/mol. The predicted octanol–water partition coefficient (Wildman–Crippen LogP) is 3.01. The summed E-state index contributed by atoms with van der Waals surface area (Å²) in [5, 5.41) is 4.78. The van der Waals surface area contributed by atoms with E-state index in [-0.39, 0.29) is 5.41 Å². The second-order valence-corrected chi connectivity index (χ2v) is 7.60. The van der Waals surface area contributed by atoms with Crippen molar-refractivity contribution in [1.29, 1.82) is 0 Å². The van der Waals surface area contributed by atoms with Gasteiger partial charge < -0.3 is 5.32 Å². The van der Waals surface area contributed by atoms with Gasteiger partial charge in [-0.3, -0.25) is 4.90 Å². The van der Waals surface area contributed by atoms with Crippen LogP contribution in [0, 0.1) is 0 Å². The molecule has 1 atom stereocenters. The van der Waals surface area contributed by atoms with Crippen molar-refractivity contribution in [2.24, 2.45) is 0 Å². The fraction of sp³-hybridized carbons (Fsp3) is 0.800. The van der Waals surface area contributed by atoms with E-state index in [1.807, 2.05) is 11.3 Å². The van der Waals surface area contributed by atoms with Gasteiger partial charge in [-0.1, -0.05) is 34.1 Å². The molecule has 0 amide bonds. The number of nitrogens with one attached hydrogen (secondary N) is 1. The van der Waals surface area contributed by atoms with Crippen molar-refractivity contribution >= 4 is 11.3 Å². The first-order chi connectivity index (χ1) is 9.00. The number of hydrogen-bond acceptors (Lipinski definition) is 4. The summed E-state index contributed by atoms with van der Waals surface area (Å²) < 4.78 is 0. The minimum atomic E-state index is 0.224. The van der Waals surface area contributed by atoms with Crippen LogP contribution in [-0.2, 0) is 12.0 Å². The SMILES string of the molecule is CCCC1CNCCN1Cc1ncc(C(C)(C)C)s1. The maximum absolute atomic E-state index is 4.63. The van der Waals surface area contributed by atoms with Gasteiger partial charge in [0.25, 0.3) is 0 Å². The van der Waals surface area contributed by atoms with Crippen molar-refractivity contribution in [3.8, 4) is 0 Å². The number of hydrogen-bond donors (Lipinski definition) is 1. The van der Waals surface area contributed by atoms with Crippen molar-refractivity contribution in [2.45, 2.75) is 58.5 Å². The third kappa shape index (κ3) is 4.01. The van der Waals surface area contributed by atoms with E-state index < -0.39 is 0 Å². The Balaban J connectivity index is 2.00. The van der Waals surface area contributed by atoms with Gasteiger partial charge in [0.15, 0.2) is 0 Å². The summed E-state index contributed by atoms with van der Waals surface area (Å²) in [7, 11) is 0. The van der Waals surface area contributed by atoms with E-state index in [4.69, 9.17) is 0 Å². The highest BCUT2D eigenvalue weighted by Crippen LogP contribution is 2.28. The smallest absolute Gasteiger partial charge is 0.107 e. The highest BCUT2D eigenvalue weighted by molar-refractivity contribution is 7.11. The van der Waals surface area contributed by atoms with Gasteiger partial charge in [-0.2, -0.15) is 0 Å². The van der Waals surface area contributed by atoms with Gasteiger partial charge in [-0.15, -0.1) is 11.3 Å². The van der Waals surface area contributed by atoms with Crippen LogP contribution in [0.2, 0.25) is 0 Å². The number of thiazole rings is 1. The molecule has 0 aromatic carbocycles. The van der Waals surface area contributed by atoms with Crippen molar-refractivity contribution in [3.05, 3.63) is 16.1 Å². The zero-order chi connectivity index (χ0) is 13.9. The molecule has 1 saturated heterocycles. The van der Waals surface area contributed by atoms with Gasteiger partial charge in [0.2, 0.25) is 0 Å². The minimum Gasteiger partial charge on any atom is -0.314 e. The molecule has 1 aliphatic heterocycles. The van der Waals surface area contributed by atoms with E-state index in [1.54, 1.807) is 0 Å². The summed E-state index contributed by atoms with van der Waals surface area (Å²) in [6.45, 7) is 13.5. The summed E-state index contributed by atoms with van der Waals surface area (Å²) in [6.07, 6.45) is 4.61. The van der Waals surface area contributed by atoms with E-state index in [9.17, 15) is 0 Å². The van der Waals surface area contributed by atoms with E-state index in [2.05, 4.69) is 49.1 Å². The quantitative estimate of drug-likeness (QED) is 0.919. The third-order valence-corrected chi connectivity index (χ3v) is 5.13. The molecule has 4 heteroatoms. The van der Waals surface area contributed by atoms with Crippen molar-refractivity contribution < 1.29 is 0 Å². The number of piperazine rings is 1. The van der Waals surface area contributed by atoms with Gasteiger partial charge in [0, 0.05) is 36.8 Å². The first-order valence-electron chi connectivity index (χ1n) is 7.40. The first-order valence-corrected chi connectivity index (χ1v) is 8.22. The minimum absolute atomic E-state index is 0.224. The van der Waals surface area contributed by atoms with Crippen LogP contribution >= 0.6 is 11.3 Å². The molecule has 3 nitrogen and oxygen atoms in total. The van der Waals surface area contributed by atoms with Crippen molar-refractivity contribution in [2.75, 3.05) is 19.6 Å². The Hall–Kier alpha value is -0.450. The molecule has 0 saturated carbocycles. The molecule has 1 fully saturated rings. The fourth-order valence-corrected chi connectivity index (χ4v) is 3.53. The average Bonchev–Trinajstić information content (AvgIpc) is 2.80. The summed E-state index contributed by atoms with van der Waals surface area (Å²) in [5.74, 6) is 0. The molecule has 2 rings (SSSR count). The van der Waals surface area contributed by atoms with Crippen LogP contribution in [-0.4, -0.2) is 35.6 Å². The Morgan fingerprint density at radius 2 is 2.26 bits per heavy atom. The van der Waals surface area contributed by atoms with Gasteiger partial charge in [-0.25, -0.2) is 4.98 Å². The van der Waals surface area contributed by atoms with Crippen LogP contribution in [0.4, 0.5) is 0 Å². The normalized spacial score (nSPS) is 21.8. The molecular weight excluding hydrogens is 254 g/mol. The maximum atomic E-state index is 4.63. The lowest BCUT2D eigenvalue weighted by atomic mass is 9.96. The molecule has 2 heterocycles. The number of rotatable bonds is 4. The Labute approximate surface area is 121 Å². The molecule has 108 valence electrons. The van der Waals surface area contributed by atoms with Crippen LogP contribution in [0.15, 0.2) is 6.20 Å². The summed E-state index contributed by atoms with van der Waals surface area (Å²) in [5.41, 5.74) is 0.224. The molecule has 1 aromatic rings. The largest absolute Gasteiger partial charge is 0.314 e. The van der Waals surface area contributed by atoms with E-state index in [0.717, 1.165) is 26.2 Å². The van der Waals surface area contributed by atoms with Crippen molar-refractivity contribution in [3.63, 3.8) is 0 Å². The van der Waals surface area contributed by atoms with Crippen LogP contribution in [0.25, 0.3) is 0 Å². The fourth-order valence-electron chi connectivity index (χ4n) is 2.53. The Bertz CT molecular complexity index is 392. The highest BCUT2D eigenvalue weighted by atomic mass is 32.1. The molecule has 19 heavy (non-hydrogen) atoms. The molecule has 0 bridgehead atoms. The lowest BCUT2D eigenvalue weighted by molar-refractivity contribution is 0.144. The number of nitrogens with zero attached hydrogens (tertiary/aromatic N) is 2. The number of aromatic nitrogens is 1. The molecular formula is C15H27N3S. The highest BCUT2D eigenvalue weighted by Gasteiger charge is 2.23. The topological polar surface area (TPSA) is 28.2 Å². The van der Waals surface area contributed by atoms with Crippen LogP contribution in [0.5, 0.6) is 0 Å². The summed E-state index contributed by atoms with van der Waals surface area (Å²) in [6, 6.07) is 0.681. The van der Waals surface area contributed by atoms with Crippen LogP contribution in [0.3, 0.4) is 0 Å². The zero-order valence-electron chi connectivity index (χ0n) is 12.7. The third-order valence-electron chi connectivity index (χ3n) is 3.73. The van der Waals surface area contributed by atoms with Crippen LogP contribution < -0.4 is 5.32 Å². The van der Waals surface area contributed by atoms with E-state index in [0.29, 0.717) is 6.04 Å². The molecule has 1 aliphatic rings. The molecule has 1 unspecified atom stereocenters. The monoisotopic (exact) mass is 281 g/mol. The standard InChI is InChI=1S/C15H27N3S/c1-5-6-12-9-16-7-8-18(12)11-14-17-10-13(19-14)15(2,3)4/h10,12,16H,5-9,11H2,1-4H3. The van der Waals surface area contributed by atoms with Gasteiger partial charge in [-0.05, 0) is 11.8 Å². The molecule has 1 N–H and O–H groups in total. The van der Waals surface area contributed by atoms with Crippen LogP contribution in [0.1, 0.15) is 50.4 Å². The molecule has 0 aliphatic carbocycles. The molecule has 0 spiro atoms. The summed E-state index contributed by atoms with van der Waals surface area (Å²) in [4.78, 5) is 8.62. The van der Waals surface area contributed by atoms with Gasteiger partial charge in [0.1, 0.15) is 5.01 Å². The van der Waals surface area contributed by atoms with E-state index >= 15 is 0 Å². The van der Waals surface area contributed by atoms with Gasteiger partial charge in [0.05, 0.1) is 6.54 Å². The second kappa shape index (κ2) is 6.33. The summed E-state index contributed by atoms with van der Waals surface area (Å²) >= 11 is 1.88. The Morgan fingerprint density at radius 3 is 2.89 bits per heavy atom. The van der Waals surface area contributed by atoms with Crippen molar-refractivity contribution in [1.82, 2.24) is 15.2 Å². The second-order valence-electron chi connectivity index (χ2n) is 6.49.